The largest absolute Gasteiger partial charge is 0.467 e. The molecule has 1 aliphatic heterocycles. The molecule has 1 fully saturated rings. The summed E-state index contributed by atoms with van der Waals surface area (Å²) < 4.78 is 10.7. The minimum atomic E-state index is -0.333. The number of furan rings is 1. The minimum absolute atomic E-state index is 0.0172. The number of likely N-dealkylation sites (tertiary alicyclic amines) is 1. The number of benzene rings is 1. The lowest BCUT2D eigenvalue weighted by molar-refractivity contribution is -0.152. The molecule has 0 radical (unpaired) electrons. The molecular weight excluding hydrogens is 356 g/mol. The third-order valence-electron chi connectivity index (χ3n) is 5.01. The van der Waals surface area contributed by atoms with Crippen LogP contribution in [0.15, 0.2) is 53.1 Å². The fourth-order valence-electron chi connectivity index (χ4n) is 3.59. The Hall–Kier alpha value is -2.60. The molecule has 1 unspecified atom stereocenters. The van der Waals surface area contributed by atoms with Crippen molar-refractivity contribution in [3.63, 3.8) is 0 Å². The van der Waals surface area contributed by atoms with Crippen LogP contribution in [0.1, 0.15) is 37.5 Å². The van der Waals surface area contributed by atoms with Gasteiger partial charge < -0.3 is 14.1 Å². The summed E-state index contributed by atoms with van der Waals surface area (Å²) in [5.41, 5.74) is 1.06. The summed E-state index contributed by atoms with van der Waals surface area (Å²) in [6.07, 6.45) is 4.32. The Labute approximate surface area is 166 Å². The lowest BCUT2D eigenvalue weighted by atomic mass is 10.0. The molecular formula is C22H28N2O4. The SMILES string of the molecule is CCOC(=O)C1CCCCN1CC(=O)N(Cc1ccccc1)Cc1ccco1. The van der Waals surface area contributed by atoms with E-state index in [9.17, 15) is 9.59 Å². The number of esters is 1. The number of carbonyl (C=O) groups is 2. The van der Waals surface area contributed by atoms with Gasteiger partial charge in [-0.1, -0.05) is 36.8 Å². The highest BCUT2D eigenvalue weighted by atomic mass is 16.5. The third-order valence-corrected chi connectivity index (χ3v) is 5.01. The van der Waals surface area contributed by atoms with Crippen LogP contribution in [-0.2, 0) is 27.4 Å². The average Bonchev–Trinajstić information content (AvgIpc) is 3.22. The number of carbonyl (C=O) groups excluding carboxylic acids is 2. The average molecular weight is 384 g/mol. The fourth-order valence-corrected chi connectivity index (χ4v) is 3.59. The van der Waals surface area contributed by atoms with Crippen LogP contribution in [0.4, 0.5) is 0 Å². The fraction of sp³-hybridized carbons (Fsp3) is 0.455. The van der Waals surface area contributed by atoms with Crippen molar-refractivity contribution in [2.24, 2.45) is 0 Å². The molecule has 3 rings (SSSR count). The maximum Gasteiger partial charge on any atom is 0.323 e. The van der Waals surface area contributed by atoms with Gasteiger partial charge in [0.05, 0.1) is 26.0 Å². The van der Waals surface area contributed by atoms with Crippen LogP contribution in [-0.4, -0.2) is 47.4 Å². The number of rotatable bonds is 8. The van der Waals surface area contributed by atoms with Crippen LogP contribution in [0.5, 0.6) is 0 Å². The van der Waals surface area contributed by atoms with E-state index in [1.54, 1.807) is 18.1 Å². The molecule has 1 aromatic carbocycles. The molecule has 2 aromatic rings. The number of ether oxygens (including phenoxy) is 1. The Morgan fingerprint density at radius 1 is 1.14 bits per heavy atom. The molecule has 1 amide bonds. The van der Waals surface area contributed by atoms with Crippen molar-refractivity contribution in [1.29, 1.82) is 0 Å². The van der Waals surface area contributed by atoms with Crippen LogP contribution in [0.2, 0.25) is 0 Å². The highest BCUT2D eigenvalue weighted by Crippen LogP contribution is 2.19. The number of hydrogen-bond acceptors (Lipinski definition) is 5. The quantitative estimate of drug-likeness (QED) is 0.654. The van der Waals surface area contributed by atoms with Crippen LogP contribution in [0.3, 0.4) is 0 Å². The molecule has 2 heterocycles. The first-order valence-electron chi connectivity index (χ1n) is 9.92. The van der Waals surface area contributed by atoms with Crippen molar-refractivity contribution in [3.05, 3.63) is 60.1 Å². The van der Waals surface area contributed by atoms with Gasteiger partial charge in [-0.15, -0.1) is 0 Å². The summed E-state index contributed by atoms with van der Waals surface area (Å²) in [4.78, 5) is 29.2. The number of amides is 1. The Balaban J connectivity index is 1.71. The molecule has 1 aromatic heterocycles. The first-order chi connectivity index (χ1) is 13.7. The van der Waals surface area contributed by atoms with Crippen molar-refractivity contribution >= 4 is 11.9 Å². The van der Waals surface area contributed by atoms with Gasteiger partial charge in [-0.3, -0.25) is 14.5 Å². The van der Waals surface area contributed by atoms with Gasteiger partial charge in [0.15, 0.2) is 0 Å². The summed E-state index contributed by atoms with van der Waals surface area (Å²) in [5, 5.41) is 0. The van der Waals surface area contributed by atoms with E-state index in [-0.39, 0.29) is 24.5 Å². The highest BCUT2D eigenvalue weighted by Gasteiger charge is 2.32. The van der Waals surface area contributed by atoms with Crippen molar-refractivity contribution in [2.45, 2.75) is 45.3 Å². The van der Waals surface area contributed by atoms with E-state index >= 15 is 0 Å². The van der Waals surface area contributed by atoms with Gasteiger partial charge >= 0.3 is 5.97 Å². The van der Waals surface area contributed by atoms with Crippen molar-refractivity contribution < 1.29 is 18.7 Å². The topological polar surface area (TPSA) is 63.0 Å². The molecule has 150 valence electrons. The maximum absolute atomic E-state index is 13.2. The standard InChI is InChI=1S/C22H28N2O4/c1-2-27-22(26)20-12-6-7-13-23(20)17-21(25)24(16-19-11-8-14-28-19)15-18-9-4-3-5-10-18/h3-5,8-11,14,20H,2,6-7,12-13,15-17H2,1H3. The lowest BCUT2D eigenvalue weighted by Gasteiger charge is -2.34. The van der Waals surface area contributed by atoms with Gasteiger partial charge in [0.2, 0.25) is 5.91 Å². The van der Waals surface area contributed by atoms with Crippen molar-refractivity contribution in [1.82, 2.24) is 9.80 Å². The van der Waals surface area contributed by atoms with E-state index in [0.29, 0.717) is 19.7 Å². The molecule has 0 spiro atoms. The predicted molar refractivity (Wildman–Crippen MR) is 105 cm³/mol. The zero-order valence-corrected chi connectivity index (χ0v) is 16.4. The first kappa shape index (κ1) is 20.1. The van der Waals surface area contributed by atoms with E-state index in [2.05, 4.69) is 0 Å². The third kappa shape index (κ3) is 5.45. The zero-order valence-electron chi connectivity index (χ0n) is 16.4. The Morgan fingerprint density at radius 2 is 1.96 bits per heavy atom. The Morgan fingerprint density at radius 3 is 2.68 bits per heavy atom. The maximum atomic E-state index is 13.2. The van der Waals surface area contributed by atoms with Gasteiger partial charge in [-0.05, 0) is 44.0 Å². The second-order valence-electron chi connectivity index (χ2n) is 7.05. The molecule has 1 aliphatic rings. The molecule has 6 nitrogen and oxygen atoms in total. The van der Waals surface area contributed by atoms with Gasteiger partial charge in [0.25, 0.3) is 0 Å². The number of nitrogens with zero attached hydrogens (tertiary/aromatic N) is 2. The Kier molecular flexibility index (Phi) is 7.25. The molecule has 0 aliphatic carbocycles. The minimum Gasteiger partial charge on any atom is -0.467 e. The lowest BCUT2D eigenvalue weighted by Crippen LogP contribution is -2.50. The second kappa shape index (κ2) is 10.1. The van der Waals surface area contributed by atoms with Crippen LogP contribution < -0.4 is 0 Å². The summed E-state index contributed by atoms with van der Waals surface area (Å²) in [6, 6.07) is 13.3. The van der Waals surface area contributed by atoms with E-state index < -0.39 is 0 Å². The Bertz CT molecular complexity index is 745. The highest BCUT2D eigenvalue weighted by molar-refractivity contribution is 5.80. The summed E-state index contributed by atoms with van der Waals surface area (Å²) in [6.45, 7) is 4.00. The molecule has 0 bridgehead atoms. The summed E-state index contributed by atoms with van der Waals surface area (Å²) in [7, 11) is 0. The van der Waals surface area contributed by atoms with Crippen LogP contribution >= 0.6 is 0 Å². The molecule has 28 heavy (non-hydrogen) atoms. The summed E-state index contributed by atoms with van der Waals surface area (Å²) in [5.74, 6) is 0.497. The van der Waals surface area contributed by atoms with Gasteiger partial charge in [-0.2, -0.15) is 0 Å². The predicted octanol–water partition coefficient (Wildman–Crippen LogP) is 3.23. The number of hydrogen-bond donors (Lipinski definition) is 0. The molecule has 0 N–H and O–H groups in total. The smallest absolute Gasteiger partial charge is 0.323 e. The summed E-state index contributed by atoms with van der Waals surface area (Å²) >= 11 is 0. The van der Waals surface area contributed by atoms with Crippen LogP contribution in [0.25, 0.3) is 0 Å². The normalized spacial score (nSPS) is 17.2. The molecule has 1 saturated heterocycles. The van der Waals surface area contributed by atoms with Gasteiger partial charge in [-0.25, -0.2) is 0 Å². The van der Waals surface area contributed by atoms with Crippen molar-refractivity contribution in [3.8, 4) is 0 Å². The zero-order chi connectivity index (χ0) is 19.8. The van der Waals surface area contributed by atoms with E-state index in [1.165, 1.54) is 0 Å². The number of piperidine rings is 1. The molecule has 0 saturated carbocycles. The van der Waals surface area contributed by atoms with Crippen LogP contribution in [0, 0.1) is 0 Å². The van der Waals surface area contributed by atoms with Gasteiger partial charge in [0.1, 0.15) is 11.8 Å². The molecule has 1 atom stereocenters. The monoisotopic (exact) mass is 384 g/mol. The van der Waals surface area contributed by atoms with Gasteiger partial charge in [0, 0.05) is 6.54 Å². The van der Waals surface area contributed by atoms with E-state index in [0.717, 1.165) is 37.1 Å². The molecule has 6 heteroatoms. The van der Waals surface area contributed by atoms with E-state index in [1.807, 2.05) is 47.4 Å². The van der Waals surface area contributed by atoms with Crippen molar-refractivity contribution in [2.75, 3.05) is 19.7 Å². The van der Waals surface area contributed by atoms with E-state index in [4.69, 9.17) is 9.15 Å². The first-order valence-corrected chi connectivity index (χ1v) is 9.92. The second-order valence-corrected chi connectivity index (χ2v) is 7.05.